The third kappa shape index (κ3) is 4.24. The summed E-state index contributed by atoms with van der Waals surface area (Å²) in [6.07, 6.45) is 1.07. The molecule has 0 aliphatic heterocycles. The van der Waals surface area contributed by atoms with E-state index in [0.29, 0.717) is 16.1 Å². The molecule has 0 fully saturated rings. The molecule has 1 atom stereocenters. The first kappa shape index (κ1) is 15.4. The van der Waals surface area contributed by atoms with E-state index < -0.39 is 0 Å². The Morgan fingerprint density at radius 2 is 1.55 bits per heavy atom. The Kier molecular flexibility index (Phi) is 5.47. The van der Waals surface area contributed by atoms with Gasteiger partial charge in [0.1, 0.15) is 0 Å². The summed E-state index contributed by atoms with van der Waals surface area (Å²) >= 11 is 12.0. The van der Waals surface area contributed by atoms with Crippen molar-refractivity contribution in [3.8, 4) is 0 Å². The number of hydrogen-bond donors (Lipinski definition) is 1. The molecule has 1 unspecified atom stereocenters. The Balaban J connectivity index is 1.98. The minimum absolute atomic E-state index is 0.290. The normalized spacial score (nSPS) is 12.4. The lowest BCUT2D eigenvalue weighted by Crippen LogP contribution is -2.18. The highest BCUT2D eigenvalue weighted by Gasteiger charge is 2.05. The topological polar surface area (TPSA) is 12.0 Å². The Morgan fingerprint density at radius 1 is 0.950 bits per heavy atom. The van der Waals surface area contributed by atoms with Gasteiger partial charge in [-0.2, -0.15) is 0 Å². The van der Waals surface area contributed by atoms with Crippen LogP contribution in [0.3, 0.4) is 0 Å². The zero-order valence-corrected chi connectivity index (χ0v) is 13.3. The first-order chi connectivity index (χ1) is 9.58. The van der Waals surface area contributed by atoms with Crippen molar-refractivity contribution in [3.63, 3.8) is 0 Å². The van der Waals surface area contributed by atoms with Crippen LogP contribution in [0.1, 0.15) is 36.6 Å². The molecule has 2 aromatic rings. The highest BCUT2D eigenvalue weighted by atomic mass is 35.5. The second kappa shape index (κ2) is 7.12. The van der Waals surface area contributed by atoms with E-state index in [1.54, 1.807) is 6.07 Å². The van der Waals surface area contributed by atoms with Gasteiger partial charge in [0.2, 0.25) is 0 Å². The van der Waals surface area contributed by atoms with E-state index >= 15 is 0 Å². The smallest absolute Gasteiger partial charge is 0.0424 e. The number of halogens is 2. The summed E-state index contributed by atoms with van der Waals surface area (Å²) in [6, 6.07) is 14.6. The third-order valence-electron chi connectivity index (χ3n) is 3.42. The van der Waals surface area contributed by atoms with Gasteiger partial charge in [-0.25, -0.2) is 0 Å². The summed E-state index contributed by atoms with van der Waals surface area (Å²) in [4.78, 5) is 0. The second-order valence-corrected chi connectivity index (χ2v) is 5.85. The molecule has 2 rings (SSSR count). The highest BCUT2D eigenvalue weighted by molar-refractivity contribution is 6.34. The first-order valence-corrected chi connectivity index (χ1v) is 7.61. The predicted molar refractivity (Wildman–Crippen MR) is 87.5 cm³/mol. The molecular formula is C17H19Cl2N. The lowest BCUT2D eigenvalue weighted by atomic mass is 10.0. The molecule has 0 saturated heterocycles. The summed E-state index contributed by atoms with van der Waals surface area (Å²) in [5.74, 6) is 0. The van der Waals surface area contributed by atoms with Crippen LogP contribution in [0.4, 0.5) is 0 Å². The van der Waals surface area contributed by atoms with Gasteiger partial charge in [-0.15, -0.1) is 0 Å². The van der Waals surface area contributed by atoms with Gasteiger partial charge < -0.3 is 5.32 Å². The molecule has 1 N–H and O–H groups in total. The van der Waals surface area contributed by atoms with Crippen LogP contribution in [0.2, 0.25) is 10.0 Å². The van der Waals surface area contributed by atoms with Crippen LogP contribution in [0, 0.1) is 0 Å². The molecule has 0 bridgehead atoms. The first-order valence-electron chi connectivity index (χ1n) is 6.85. The third-order valence-corrected chi connectivity index (χ3v) is 3.86. The van der Waals surface area contributed by atoms with Crippen LogP contribution >= 0.6 is 23.2 Å². The van der Waals surface area contributed by atoms with Gasteiger partial charge in [0.15, 0.2) is 0 Å². The van der Waals surface area contributed by atoms with Crippen LogP contribution in [-0.4, -0.2) is 0 Å². The van der Waals surface area contributed by atoms with Crippen LogP contribution in [0.5, 0.6) is 0 Å². The quantitative estimate of drug-likeness (QED) is 0.779. The van der Waals surface area contributed by atoms with E-state index in [2.05, 4.69) is 43.4 Å². The van der Waals surface area contributed by atoms with Gasteiger partial charge in [-0.1, -0.05) is 54.4 Å². The molecule has 106 valence electrons. The number of nitrogens with one attached hydrogen (secondary N) is 1. The lowest BCUT2D eigenvalue weighted by molar-refractivity contribution is 0.574. The zero-order chi connectivity index (χ0) is 14.5. The van der Waals surface area contributed by atoms with Crippen molar-refractivity contribution < 1.29 is 0 Å². The Hall–Kier alpha value is -1.02. The van der Waals surface area contributed by atoms with Crippen molar-refractivity contribution in [1.82, 2.24) is 5.32 Å². The second-order valence-electron chi connectivity index (χ2n) is 4.98. The summed E-state index contributed by atoms with van der Waals surface area (Å²) in [5.41, 5.74) is 3.75. The molecule has 0 aliphatic rings. The fraction of sp³-hybridized carbons (Fsp3) is 0.294. The van der Waals surface area contributed by atoms with Crippen molar-refractivity contribution in [2.24, 2.45) is 0 Å². The molecule has 2 aromatic carbocycles. The van der Waals surface area contributed by atoms with E-state index in [1.165, 1.54) is 11.1 Å². The van der Waals surface area contributed by atoms with Gasteiger partial charge in [-0.3, -0.25) is 0 Å². The van der Waals surface area contributed by atoms with E-state index in [1.807, 2.05) is 12.1 Å². The van der Waals surface area contributed by atoms with Crippen molar-refractivity contribution in [2.75, 3.05) is 0 Å². The monoisotopic (exact) mass is 307 g/mol. The fourth-order valence-corrected chi connectivity index (χ4v) is 2.72. The minimum Gasteiger partial charge on any atom is -0.306 e. The lowest BCUT2D eigenvalue weighted by Gasteiger charge is -2.15. The predicted octanol–water partition coefficient (Wildman–Crippen LogP) is 5.41. The van der Waals surface area contributed by atoms with E-state index in [9.17, 15) is 0 Å². The van der Waals surface area contributed by atoms with Crippen LogP contribution in [-0.2, 0) is 13.0 Å². The molecule has 0 spiro atoms. The maximum Gasteiger partial charge on any atom is 0.0424 e. The van der Waals surface area contributed by atoms with Gasteiger partial charge in [0.05, 0.1) is 0 Å². The fourth-order valence-electron chi connectivity index (χ4n) is 2.14. The largest absolute Gasteiger partial charge is 0.306 e. The zero-order valence-electron chi connectivity index (χ0n) is 11.8. The Bertz CT molecular complexity index is 543. The molecule has 20 heavy (non-hydrogen) atoms. The molecule has 1 nitrogen and oxygen atoms in total. The van der Waals surface area contributed by atoms with Crippen molar-refractivity contribution in [1.29, 1.82) is 0 Å². The molecular weight excluding hydrogens is 289 g/mol. The number of aryl methyl sites for hydroxylation is 1. The summed E-state index contributed by atoms with van der Waals surface area (Å²) in [6.45, 7) is 5.07. The molecule has 0 amide bonds. The van der Waals surface area contributed by atoms with E-state index in [4.69, 9.17) is 23.2 Å². The van der Waals surface area contributed by atoms with Gasteiger partial charge >= 0.3 is 0 Å². The standard InChI is InChI=1S/C17H19Cl2N/c1-3-13-4-6-15(7-5-13)12(2)20-11-14-8-16(18)10-17(19)9-14/h4-10,12,20H,3,11H2,1-2H3. The average Bonchev–Trinajstić information content (AvgIpc) is 2.44. The van der Waals surface area contributed by atoms with Crippen LogP contribution < -0.4 is 5.32 Å². The molecule has 0 radical (unpaired) electrons. The van der Waals surface area contributed by atoms with Gasteiger partial charge in [0, 0.05) is 22.6 Å². The molecule has 0 saturated carbocycles. The minimum atomic E-state index is 0.290. The van der Waals surface area contributed by atoms with Gasteiger partial charge in [0.25, 0.3) is 0 Å². The van der Waals surface area contributed by atoms with Gasteiger partial charge in [-0.05, 0) is 48.2 Å². The summed E-state index contributed by atoms with van der Waals surface area (Å²) < 4.78 is 0. The molecule has 0 aliphatic carbocycles. The molecule has 0 aromatic heterocycles. The van der Waals surface area contributed by atoms with Crippen LogP contribution in [0.15, 0.2) is 42.5 Å². The van der Waals surface area contributed by atoms with Crippen LogP contribution in [0.25, 0.3) is 0 Å². The SMILES string of the molecule is CCc1ccc(C(C)NCc2cc(Cl)cc(Cl)c2)cc1. The highest BCUT2D eigenvalue weighted by Crippen LogP contribution is 2.20. The maximum absolute atomic E-state index is 6.00. The van der Waals surface area contributed by atoms with E-state index in [0.717, 1.165) is 18.5 Å². The van der Waals surface area contributed by atoms with Crippen molar-refractivity contribution in [2.45, 2.75) is 32.9 Å². The van der Waals surface area contributed by atoms with Crippen molar-refractivity contribution >= 4 is 23.2 Å². The molecule has 0 heterocycles. The summed E-state index contributed by atoms with van der Waals surface area (Å²) in [5, 5.41) is 4.84. The number of rotatable bonds is 5. The van der Waals surface area contributed by atoms with Crippen molar-refractivity contribution in [3.05, 3.63) is 69.2 Å². The number of hydrogen-bond acceptors (Lipinski definition) is 1. The molecule has 3 heteroatoms. The average molecular weight is 308 g/mol. The Morgan fingerprint density at radius 3 is 2.10 bits per heavy atom. The number of benzene rings is 2. The van der Waals surface area contributed by atoms with E-state index in [-0.39, 0.29) is 0 Å². The maximum atomic E-state index is 6.00. The Labute approximate surface area is 130 Å². The summed E-state index contributed by atoms with van der Waals surface area (Å²) in [7, 11) is 0.